The normalized spacial score (nSPS) is 13.0. The van der Waals surface area contributed by atoms with Crippen LogP contribution < -0.4 is 10.0 Å². The molecule has 1 unspecified atom stereocenters. The maximum atomic E-state index is 12.2. The molecule has 1 aromatic carbocycles. The minimum atomic E-state index is -3.79. The molecule has 0 saturated carbocycles. The first-order valence-corrected chi connectivity index (χ1v) is 9.09. The fraction of sp³-hybridized carbons (Fsp3) is 0.417. The van der Waals surface area contributed by atoms with Gasteiger partial charge in [0.05, 0.1) is 17.5 Å². The number of benzene rings is 1. The lowest BCUT2D eigenvalue weighted by molar-refractivity contribution is -0.122. The Morgan fingerprint density at radius 1 is 1.38 bits per heavy atom. The number of ether oxygens (including phenoxy) is 1. The van der Waals surface area contributed by atoms with E-state index < -0.39 is 22.0 Å². The summed E-state index contributed by atoms with van der Waals surface area (Å²) in [5.74, 6) is -0.413. The van der Waals surface area contributed by atoms with Gasteiger partial charge >= 0.3 is 0 Å². The predicted octanol–water partition coefficient (Wildman–Crippen LogP) is 1.64. The van der Waals surface area contributed by atoms with E-state index in [0.717, 1.165) is 4.47 Å². The van der Waals surface area contributed by atoms with Crippen molar-refractivity contribution in [3.05, 3.63) is 27.1 Å². The minimum absolute atomic E-state index is 0.0715. The zero-order chi connectivity index (χ0) is 16.0. The summed E-state index contributed by atoms with van der Waals surface area (Å²) in [5.41, 5.74) is 0. The first kappa shape index (κ1) is 18.6. The monoisotopic (exact) mass is 442 g/mol. The Hall–Kier alpha value is -0.480. The molecule has 2 N–H and O–H groups in total. The van der Waals surface area contributed by atoms with Crippen LogP contribution in [0.2, 0.25) is 0 Å². The van der Waals surface area contributed by atoms with Crippen LogP contribution in [0.15, 0.2) is 32.0 Å². The van der Waals surface area contributed by atoms with Gasteiger partial charge in [-0.25, -0.2) is 8.42 Å². The molecule has 1 aromatic rings. The topological polar surface area (TPSA) is 84.5 Å². The van der Waals surface area contributed by atoms with Gasteiger partial charge in [-0.2, -0.15) is 4.72 Å². The van der Waals surface area contributed by atoms with E-state index >= 15 is 0 Å². The zero-order valence-electron chi connectivity index (χ0n) is 11.5. The third-order valence-electron chi connectivity index (χ3n) is 2.51. The lowest BCUT2D eigenvalue weighted by atomic mass is 10.3. The number of carbonyl (C=O) groups is 1. The average Bonchev–Trinajstić information content (AvgIpc) is 2.37. The molecule has 0 bridgehead atoms. The van der Waals surface area contributed by atoms with Gasteiger partial charge in [-0.05, 0) is 41.1 Å². The first-order chi connectivity index (χ1) is 9.77. The predicted molar refractivity (Wildman–Crippen MR) is 86.5 cm³/mol. The molecule has 0 aliphatic carbocycles. The molecule has 0 spiro atoms. The van der Waals surface area contributed by atoms with E-state index in [1.54, 1.807) is 12.1 Å². The number of hydrogen-bond donors (Lipinski definition) is 2. The molecule has 0 aliphatic heterocycles. The second-order valence-corrected chi connectivity index (χ2v) is 7.65. The van der Waals surface area contributed by atoms with Crippen molar-refractivity contribution in [3.8, 4) is 0 Å². The molecule has 0 radical (unpaired) electrons. The van der Waals surface area contributed by atoms with E-state index in [9.17, 15) is 13.2 Å². The van der Waals surface area contributed by atoms with Gasteiger partial charge in [-0.3, -0.25) is 4.79 Å². The maximum Gasteiger partial charge on any atom is 0.242 e. The van der Waals surface area contributed by atoms with E-state index in [4.69, 9.17) is 4.74 Å². The minimum Gasteiger partial charge on any atom is -0.383 e. The van der Waals surface area contributed by atoms with Crippen molar-refractivity contribution in [3.63, 3.8) is 0 Å². The van der Waals surface area contributed by atoms with Gasteiger partial charge in [0, 0.05) is 22.6 Å². The Morgan fingerprint density at radius 2 is 2.05 bits per heavy atom. The lowest BCUT2D eigenvalue weighted by Crippen LogP contribution is -2.45. The molecule has 0 saturated heterocycles. The summed E-state index contributed by atoms with van der Waals surface area (Å²) in [6.07, 6.45) is 0. The molecular formula is C12H16Br2N2O4S. The Kier molecular flexibility index (Phi) is 7.28. The number of sulfonamides is 1. The van der Waals surface area contributed by atoms with Gasteiger partial charge in [-0.1, -0.05) is 15.9 Å². The number of carbonyl (C=O) groups excluding carboxylic acids is 1. The molecule has 9 heteroatoms. The Balaban J connectivity index is 2.78. The number of halogens is 2. The van der Waals surface area contributed by atoms with E-state index in [1.807, 2.05) is 0 Å². The van der Waals surface area contributed by atoms with Crippen molar-refractivity contribution < 1.29 is 17.9 Å². The zero-order valence-corrected chi connectivity index (χ0v) is 15.5. The van der Waals surface area contributed by atoms with Crippen LogP contribution in [0.3, 0.4) is 0 Å². The molecule has 21 heavy (non-hydrogen) atoms. The van der Waals surface area contributed by atoms with Crippen molar-refractivity contribution in [1.29, 1.82) is 0 Å². The molecule has 118 valence electrons. The molecule has 6 nitrogen and oxygen atoms in total. The largest absolute Gasteiger partial charge is 0.383 e. The van der Waals surface area contributed by atoms with Crippen LogP contribution in [-0.2, 0) is 19.6 Å². The van der Waals surface area contributed by atoms with Gasteiger partial charge < -0.3 is 10.1 Å². The fourth-order valence-electron chi connectivity index (χ4n) is 1.47. The molecule has 0 aliphatic rings. The summed E-state index contributed by atoms with van der Waals surface area (Å²) in [7, 11) is -2.28. The highest BCUT2D eigenvalue weighted by Crippen LogP contribution is 2.25. The van der Waals surface area contributed by atoms with Gasteiger partial charge in [0.1, 0.15) is 0 Å². The molecule has 1 rings (SSSR count). The number of methoxy groups -OCH3 is 1. The summed E-state index contributed by atoms with van der Waals surface area (Å²) in [5, 5.41) is 2.57. The molecular weight excluding hydrogens is 428 g/mol. The summed E-state index contributed by atoms with van der Waals surface area (Å²) in [6.45, 7) is 2.17. The molecule has 1 amide bonds. The summed E-state index contributed by atoms with van der Waals surface area (Å²) < 4.78 is 32.8. The van der Waals surface area contributed by atoms with E-state index in [2.05, 4.69) is 41.9 Å². The second kappa shape index (κ2) is 8.23. The van der Waals surface area contributed by atoms with Crippen molar-refractivity contribution in [2.45, 2.75) is 17.9 Å². The molecule has 0 aromatic heterocycles. The van der Waals surface area contributed by atoms with Crippen LogP contribution in [0.25, 0.3) is 0 Å². The fourth-order valence-corrected chi connectivity index (χ4v) is 4.42. The van der Waals surface area contributed by atoms with Crippen LogP contribution in [0.5, 0.6) is 0 Å². The lowest BCUT2D eigenvalue weighted by Gasteiger charge is -2.15. The summed E-state index contributed by atoms with van der Waals surface area (Å²) >= 11 is 6.45. The van der Waals surface area contributed by atoms with Crippen molar-refractivity contribution in [2.24, 2.45) is 0 Å². The second-order valence-electron chi connectivity index (χ2n) is 4.20. The molecule has 0 fully saturated rings. The van der Waals surface area contributed by atoms with Crippen LogP contribution in [0.4, 0.5) is 0 Å². The number of nitrogens with one attached hydrogen (secondary N) is 2. The van der Waals surface area contributed by atoms with Crippen LogP contribution >= 0.6 is 31.9 Å². The standard InChI is InChI=1S/C12H16Br2N2O4S/c1-8(12(17)15-5-6-20-2)16-21(18,19)11-4-3-9(13)7-10(11)14/h3-4,7-8,16H,5-6H2,1-2H3,(H,15,17). The number of amides is 1. The van der Waals surface area contributed by atoms with Crippen molar-refractivity contribution in [2.75, 3.05) is 20.3 Å². The van der Waals surface area contributed by atoms with E-state index in [1.165, 1.54) is 20.1 Å². The van der Waals surface area contributed by atoms with E-state index in [-0.39, 0.29) is 4.90 Å². The molecule has 1 atom stereocenters. The molecule has 0 heterocycles. The summed E-state index contributed by atoms with van der Waals surface area (Å²) in [4.78, 5) is 11.8. The summed E-state index contributed by atoms with van der Waals surface area (Å²) in [6, 6.07) is 3.80. The van der Waals surface area contributed by atoms with E-state index in [0.29, 0.717) is 17.6 Å². The van der Waals surface area contributed by atoms with Gasteiger partial charge in [0.2, 0.25) is 15.9 Å². The number of hydrogen-bond acceptors (Lipinski definition) is 4. The maximum absolute atomic E-state index is 12.2. The quantitative estimate of drug-likeness (QED) is 0.627. The Labute approximate surface area is 140 Å². The smallest absolute Gasteiger partial charge is 0.242 e. The van der Waals surface area contributed by atoms with Gasteiger partial charge in [0.15, 0.2) is 0 Å². The third kappa shape index (κ3) is 5.67. The Morgan fingerprint density at radius 3 is 2.62 bits per heavy atom. The highest BCUT2D eigenvalue weighted by molar-refractivity contribution is 9.11. The van der Waals surface area contributed by atoms with Gasteiger partial charge in [-0.15, -0.1) is 0 Å². The Bertz CT molecular complexity index is 607. The highest BCUT2D eigenvalue weighted by atomic mass is 79.9. The number of rotatable bonds is 7. The first-order valence-electron chi connectivity index (χ1n) is 6.02. The van der Waals surface area contributed by atoms with Gasteiger partial charge in [0.25, 0.3) is 0 Å². The van der Waals surface area contributed by atoms with Crippen LogP contribution in [0, 0.1) is 0 Å². The van der Waals surface area contributed by atoms with Crippen molar-refractivity contribution in [1.82, 2.24) is 10.0 Å². The SMILES string of the molecule is COCCNC(=O)C(C)NS(=O)(=O)c1ccc(Br)cc1Br. The average molecular weight is 444 g/mol. The van der Waals surface area contributed by atoms with Crippen LogP contribution in [0.1, 0.15) is 6.92 Å². The van der Waals surface area contributed by atoms with Crippen molar-refractivity contribution >= 4 is 47.8 Å². The highest BCUT2D eigenvalue weighted by Gasteiger charge is 2.23. The third-order valence-corrected chi connectivity index (χ3v) is 5.52. The van der Waals surface area contributed by atoms with Crippen LogP contribution in [-0.4, -0.2) is 40.6 Å².